The van der Waals surface area contributed by atoms with Crippen molar-refractivity contribution in [1.82, 2.24) is 4.57 Å². The van der Waals surface area contributed by atoms with E-state index in [-0.39, 0.29) is 23.1 Å². The Balaban J connectivity index is 1.64. The molecule has 4 aromatic rings. The second-order valence-electron chi connectivity index (χ2n) is 7.44. The molecule has 1 N–H and O–H groups in total. The Bertz CT molecular complexity index is 1360. The lowest BCUT2D eigenvalue weighted by Gasteiger charge is -2.07. The van der Waals surface area contributed by atoms with Gasteiger partial charge in [-0.2, -0.15) is 0 Å². The van der Waals surface area contributed by atoms with Crippen LogP contribution >= 0.6 is 11.6 Å². The Labute approximate surface area is 186 Å². The minimum Gasteiger partial charge on any atom is -0.337 e. The molecule has 0 aliphatic carbocycles. The number of aromatic nitrogens is 1. The summed E-state index contributed by atoms with van der Waals surface area (Å²) >= 11 is 6.01. The molecule has 3 aromatic carbocycles. The molecule has 5 nitrogen and oxygen atoms in total. The lowest BCUT2D eigenvalue weighted by atomic mass is 10.2. The number of amides is 1. The van der Waals surface area contributed by atoms with Crippen molar-refractivity contribution in [3.8, 4) is 0 Å². The van der Waals surface area contributed by atoms with Crippen LogP contribution < -0.4 is 5.32 Å². The number of halogens is 1. The fourth-order valence-electron chi connectivity index (χ4n) is 3.51. The molecule has 7 heteroatoms. The van der Waals surface area contributed by atoms with E-state index >= 15 is 0 Å². The molecule has 0 spiro atoms. The number of fused-ring (bicyclic) bond motifs is 1. The van der Waals surface area contributed by atoms with E-state index in [1.54, 1.807) is 47.2 Å². The van der Waals surface area contributed by atoms with Crippen molar-refractivity contribution in [1.29, 1.82) is 0 Å². The van der Waals surface area contributed by atoms with Crippen LogP contribution in [0, 0.1) is 6.92 Å². The van der Waals surface area contributed by atoms with Gasteiger partial charge in [-0.25, -0.2) is 8.42 Å². The van der Waals surface area contributed by atoms with Crippen LogP contribution in [0.4, 0.5) is 5.69 Å². The zero-order chi connectivity index (χ0) is 22.0. The Morgan fingerprint density at radius 1 is 1.00 bits per heavy atom. The fourth-order valence-corrected chi connectivity index (χ4v) is 5.29. The number of anilines is 1. The number of nitrogens with one attached hydrogen (secondary N) is 1. The minimum atomic E-state index is -3.65. The maximum absolute atomic E-state index is 13.2. The third-order valence-electron chi connectivity index (χ3n) is 4.98. The van der Waals surface area contributed by atoms with Crippen molar-refractivity contribution in [2.75, 3.05) is 5.32 Å². The second kappa shape index (κ2) is 8.57. The monoisotopic (exact) mass is 452 g/mol. The van der Waals surface area contributed by atoms with Crippen molar-refractivity contribution in [3.63, 3.8) is 0 Å². The molecule has 0 saturated heterocycles. The minimum absolute atomic E-state index is 0.00107. The summed E-state index contributed by atoms with van der Waals surface area (Å²) < 4.78 is 28.1. The number of benzene rings is 3. The van der Waals surface area contributed by atoms with Crippen LogP contribution in [0.3, 0.4) is 0 Å². The lowest BCUT2D eigenvalue weighted by Crippen LogP contribution is -2.18. The van der Waals surface area contributed by atoms with Crippen molar-refractivity contribution < 1.29 is 13.2 Å². The zero-order valence-electron chi connectivity index (χ0n) is 16.9. The number of nitrogens with zero attached hydrogens (tertiary/aromatic N) is 1. The summed E-state index contributed by atoms with van der Waals surface area (Å²) in [5, 5.41) is 3.93. The number of hydrogen-bond donors (Lipinski definition) is 1. The highest BCUT2D eigenvalue weighted by atomic mass is 35.5. The largest absolute Gasteiger partial charge is 0.337 e. The van der Waals surface area contributed by atoms with Gasteiger partial charge in [0.05, 0.1) is 10.6 Å². The van der Waals surface area contributed by atoms with Gasteiger partial charge in [-0.1, -0.05) is 59.6 Å². The molecule has 0 bridgehead atoms. The number of para-hydroxylation sites is 1. The van der Waals surface area contributed by atoms with Crippen molar-refractivity contribution in [3.05, 3.63) is 95.1 Å². The number of rotatable bonds is 6. The van der Waals surface area contributed by atoms with Gasteiger partial charge in [0.25, 0.3) is 0 Å². The van der Waals surface area contributed by atoms with E-state index in [0.29, 0.717) is 27.2 Å². The number of hydrogen-bond acceptors (Lipinski definition) is 3. The van der Waals surface area contributed by atoms with Crippen LogP contribution in [0.15, 0.2) is 83.9 Å². The first-order valence-electron chi connectivity index (χ1n) is 9.73. The number of aryl methyl sites for hydroxylation is 1. The van der Waals surface area contributed by atoms with Crippen LogP contribution in [0.2, 0.25) is 5.02 Å². The molecule has 31 heavy (non-hydrogen) atoms. The third kappa shape index (κ3) is 4.81. The summed E-state index contributed by atoms with van der Waals surface area (Å²) in [5.74, 6) is -0.402. The number of sulfone groups is 1. The van der Waals surface area contributed by atoms with E-state index < -0.39 is 9.84 Å². The molecule has 0 fully saturated rings. The summed E-state index contributed by atoms with van der Waals surface area (Å²) in [6.45, 7) is 1.98. The van der Waals surface area contributed by atoms with Crippen LogP contribution in [0.1, 0.15) is 11.1 Å². The quantitative estimate of drug-likeness (QED) is 0.436. The molecule has 1 heterocycles. The zero-order valence-corrected chi connectivity index (χ0v) is 18.5. The average molecular weight is 453 g/mol. The summed E-state index contributed by atoms with van der Waals surface area (Å²) in [7, 11) is -3.65. The van der Waals surface area contributed by atoms with Gasteiger partial charge in [0, 0.05) is 27.8 Å². The maximum Gasteiger partial charge on any atom is 0.244 e. The number of carbonyl (C=O) groups is 1. The van der Waals surface area contributed by atoms with Crippen LogP contribution in [-0.2, 0) is 26.9 Å². The molecule has 1 amide bonds. The first kappa shape index (κ1) is 21.2. The lowest BCUT2D eigenvalue weighted by molar-refractivity contribution is -0.116. The first-order chi connectivity index (χ1) is 14.8. The van der Waals surface area contributed by atoms with E-state index in [1.807, 2.05) is 43.3 Å². The molecular weight excluding hydrogens is 432 g/mol. The van der Waals surface area contributed by atoms with E-state index in [0.717, 1.165) is 5.56 Å². The summed E-state index contributed by atoms with van der Waals surface area (Å²) in [4.78, 5) is 12.8. The molecular formula is C24H21ClN2O3S. The van der Waals surface area contributed by atoms with E-state index in [1.165, 1.54) is 0 Å². The molecule has 0 radical (unpaired) electrons. The van der Waals surface area contributed by atoms with Crippen LogP contribution in [0.25, 0.3) is 10.9 Å². The molecule has 0 unspecified atom stereocenters. The van der Waals surface area contributed by atoms with E-state index in [4.69, 9.17) is 11.6 Å². The van der Waals surface area contributed by atoms with Gasteiger partial charge in [0.1, 0.15) is 6.54 Å². The molecule has 0 atom stereocenters. The van der Waals surface area contributed by atoms with Gasteiger partial charge in [-0.05, 0) is 42.8 Å². The van der Waals surface area contributed by atoms with Crippen LogP contribution in [0.5, 0.6) is 0 Å². The predicted octanol–water partition coefficient (Wildman–Crippen LogP) is 5.22. The van der Waals surface area contributed by atoms with Crippen molar-refractivity contribution in [2.45, 2.75) is 24.1 Å². The normalized spacial score (nSPS) is 11.5. The molecule has 1 aromatic heterocycles. The number of carbonyl (C=O) groups excluding carboxylic acids is 1. The van der Waals surface area contributed by atoms with Crippen molar-refractivity contribution in [2.24, 2.45) is 0 Å². The van der Waals surface area contributed by atoms with Gasteiger partial charge in [-0.3, -0.25) is 4.79 Å². The third-order valence-corrected chi connectivity index (χ3v) is 6.93. The Morgan fingerprint density at radius 3 is 2.48 bits per heavy atom. The highest BCUT2D eigenvalue weighted by Gasteiger charge is 2.22. The molecule has 4 rings (SSSR count). The molecule has 0 saturated carbocycles. The fraction of sp³-hybridized carbons (Fsp3) is 0.125. The Morgan fingerprint density at radius 2 is 1.74 bits per heavy atom. The predicted molar refractivity (Wildman–Crippen MR) is 124 cm³/mol. The van der Waals surface area contributed by atoms with Gasteiger partial charge in [0.15, 0.2) is 9.84 Å². The van der Waals surface area contributed by atoms with E-state index in [9.17, 15) is 13.2 Å². The SMILES string of the molecule is Cc1ccc(NC(=O)Cn2cc(S(=O)(=O)Cc3cccc(Cl)c3)c3ccccc32)cc1. The van der Waals surface area contributed by atoms with Crippen molar-refractivity contribution >= 4 is 43.9 Å². The standard InChI is InChI=1S/C24H21ClN2O3S/c1-17-9-11-20(12-10-17)26-24(28)15-27-14-23(21-7-2-3-8-22(21)27)31(29,30)16-18-5-4-6-19(25)13-18/h2-14H,15-16H2,1H3,(H,26,28). The van der Waals surface area contributed by atoms with Crippen LogP contribution in [-0.4, -0.2) is 18.9 Å². The second-order valence-corrected chi connectivity index (χ2v) is 9.84. The molecule has 0 aliphatic heterocycles. The first-order valence-corrected chi connectivity index (χ1v) is 11.8. The van der Waals surface area contributed by atoms with Gasteiger partial charge in [-0.15, -0.1) is 0 Å². The molecule has 0 aliphatic rings. The molecule has 158 valence electrons. The van der Waals surface area contributed by atoms with E-state index in [2.05, 4.69) is 5.32 Å². The smallest absolute Gasteiger partial charge is 0.244 e. The average Bonchev–Trinajstić information content (AvgIpc) is 3.09. The summed E-state index contributed by atoms with van der Waals surface area (Å²) in [6.07, 6.45) is 1.54. The van der Waals surface area contributed by atoms with Gasteiger partial charge >= 0.3 is 0 Å². The Hall–Kier alpha value is -3.09. The van der Waals surface area contributed by atoms with Gasteiger partial charge in [0.2, 0.25) is 5.91 Å². The highest BCUT2D eigenvalue weighted by Crippen LogP contribution is 2.28. The maximum atomic E-state index is 13.2. The highest BCUT2D eigenvalue weighted by molar-refractivity contribution is 7.90. The summed E-state index contributed by atoms with van der Waals surface area (Å²) in [5.41, 5.74) is 3.09. The summed E-state index contributed by atoms with van der Waals surface area (Å²) in [6, 6.07) is 21.5. The van der Waals surface area contributed by atoms with Gasteiger partial charge < -0.3 is 9.88 Å². The topological polar surface area (TPSA) is 68.2 Å². The Kier molecular flexibility index (Phi) is 5.85.